The molecule has 0 unspecified atom stereocenters. The third-order valence-electron chi connectivity index (χ3n) is 8.02. The number of alkyl halides is 3. The normalized spacial score (nSPS) is 28.8. The fourth-order valence-electron chi connectivity index (χ4n) is 6.09. The quantitative estimate of drug-likeness (QED) is 0.641. The summed E-state index contributed by atoms with van der Waals surface area (Å²) in [6, 6.07) is 4.55. The molecule has 2 aromatic rings. The second kappa shape index (κ2) is 7.74. The highest BCUT2D eigenvalue weighted by molar-refractivity contribution is 7.92. The van der Waals surface area contributed by atoms with E-state index in [2.05, 4.69) is 15.0 Å². The molecule has 2 aromatic heterocycles. The van der Waals surface area contributed by atoms with Gasteiger partial charge in [-0.25, -0.2) is 23.1 Å². The van der Waals surface area contributed by atoms with Crippen LogP contribution in [-0.2, 0) is 16.0 Å². The SMILES string of the molecule is O=S1(=O)CC2(CCN([C@@H]3CC[C@@H](c4nc(-c5cccc(C(F)(F)F)n5)nn4C4CC4)C3)CC2)C1. The minimum atomic E-state index is -4.51. The van der Waals surface area contributed by atoms with Gasteiger partial charge < -0.3 is 4.90 Å². The number of likely N-dealkylation sites (tertiary alicyclic amines) is 1. The lowest BCUT2D eigenvalue weighted by Crippen LogP contribution is -2.55. The third kappa shape index (κ3) is 4.14. The number of nitrogens with zero attached hydrogens (tertiary/aromatic N) is 5. The van der Waals surface area contributed by atoms with Crippen molar-refractivity contribution in [1.82, 2.24) is 24.6 Å². The van der Waals surface area contributed by atoms with E-state index < -0.39 is 21.7 Å². The summed E-state index contributed by atoms with van der Waals surface area (Å²) in [5.74, 6) is 2.05. The summed E-state index contributed by atoms with van der Waals surface area (Å²) in [6.45, 7) is 1.86. The highest BCUT2D eigenvalue weighted by Crippen LogP contribution is 2.46. The molecular formula is C23H28F3N5O2S. The topological polar surface area (TPSA) is 81.0 Å². The first-order valence-electron chi connectivity index (χ1n) is 12.1. The summed E-state index contributed by atoms with van der Waals surface area (Å²) < 4.78 is 64.7. The van der Waals surface area contributed by atoms with Crippen molar-refractivity contribution in [3.63, 3.8) is 0 Å². The van der Waals surface area contributed by atoms with Gasteiger partial charge in [-0.3, -0.25) is 0 Å². The average molecular weight is 496 g/mol. The molecule has 2 aliphatic heterocycles. The molecule has 4 fully saturated rings. The van der Waals surface area contributed by atoms with Gasteiger partial charge in [0, 0.05) is 17.4 Å². The van der Waals surface area contributed by atoms with Crippen LogP contribution in [0.4, 0.5) is 13.2 Å². The zero-order chi connectivity index (χ0) is 23.7. The van der Waals surface area contributed by atoms with Crippen LogP contribution in [0.15, 0.2) is 18.2 Å². The lowest BCUT2D eigenvalue weighted by molar-refractivity contribution is -0.141. The first-order valence-corrected chi connectivity index (χ1v) is 13.9. The third-order valence-corrected chi connectivity index (χ3v) is 10.1. The Hall–Kier alpha value is -2.01. The lowest BCUT2D eigenvalue weighted by Gasteiger charge is -2.48. The van der Waals surface area contributed by atoms with Crippen LogP contribution < -0.4 is 0 Å². The van der Waals surface area contributed by atoms with Gasteiger partial charge in [0.1, 0.15) is 17.2 Å². The second-order valence-corrected chi connectivity index (χ2v) is 12.7. The summed E-state index contributed by atoms with van der Waals surface area (Å²) in [5, 5.41) is 4.60. The van der Waals surface area contributed by atoms with Crippen molar-refractivity contribution in [3.8, 4) is 11.5 Å². The smallest absolute Gasteiger partial charge is 0.300 e. The molecule has 2 atom stereocenters. The van der Waals surface area contributed by atoms with Crippen molar-refractivity contribution >= 4 is 9.84 Å². The molecule has 184 valence electrons. The molecule has 6 rings (SSSR count). The van der Waals surface area contributed by atoms with Gasteiger partial charge in [-0.2, -0.15) is 13.2 Å². The maximum atomic E-state index is 13.1. The Balaban J connectivity index is 1.18. The molecule has 0 bridgehead atoms. The molecule has 0 radical (unpaired) electrons. The van der Waals surface area contributed by atoms with Crippen LogP contribution in [0.25, 0.3) is 11.5 Å². The van der Waals surface area contributed by atoms with Gasteiger partial charge in [-0.05, 0) is 70.2 Å². The van der Waals surface area contributed by atoms with Crippen molar-refractivity contribution in [2.75, 3.05) is 24.6 Å². The molecular weight excluding hydrogens is 467 g/mol. The number of hydrogen-bond donors (Lipinski definition) is 0. The zero-order valence-electron chi connectivity index (χ0n) is 18.8. The summed E-state index contributed by atoms with van der Waals surface area (Å²) in [6.07, 6.45) is 2.37. The van der Waals surface area contributed by atoms with E-state index >= 15 is 0 Å². The van der Waals surface area contributed by atoms with Crippen molar-refractivity contribution < 1.29 is 21.6 Å². The van der Waals surface area contributed by atoms with Crippen LogP contribution in [-0.4, -0.2) is 63.7 Å². The summed E-state index contributed by atoms with van der Waals surface area (Å²) in [4.78, 5) is 11.0. The Kier molecular flexibility index (Phi) is 5.11. The first kappa shape index (κ1) is 22.5. The number of aromatic nitrogens is 4. The van der Waals surface area contributed by atoms with Gasteiger partial charge in [-0.1, -0.05) is 6.07 Å². The van der Waals surface area contributed by atoms with Crippen molar-refractivity contribution in [3.05, 3.63) is 29.7 Å². The van der Waals surface area contributed by atoms with E-state index in [1.54, 1.807) is 0 Å². The van der Waals surface area contributed by atoms with Crippen LogP contribution in [0.3, 0.4) is 0 Å². The van der Waals surface area contributed by atoms with Crippen LogP contribution in [0, 0.1) is 5.41 Å². The minimum Gasteiger partial charge on any atom is -0.300 e. The molecule has 4 aliphatic rings. The monoisotopic (exact) mass is 495 g/mol. The predicted molar refractivity (Wildman–Crippen MR) is 119 cm³/mol. The van der Waals surface area contributed by atoms with Crippen LogP contribution in [0.2, 0.25) is 0 Å². The van der Waals surface area contributed by atoms with Gasteiger partial charge >= 0.3 is 6.18 Å². The summed E-state index contributed by atoms with van der Waals surface area (Å²) in [5.41, 5.74) is -0.772. The molecule has 1 spiro atoms. The van der Waals surface area contributed by atoms with Crippen molar-refractivity contribution in [1.29, 1.82) is 0 Å². The number of halogens is 3. The van der Waals surface area contributed by atoms with Crippen LogP contribution in [0.5, 0.6) is 0 Å². The Morgan fingerprint density at radius 1 is 0.971 bits per heavy atom. The number of pyridine rings is 1. The summed E-state index contributed by atoms with van der Waals surface area (Å²) in [7, 11) is -2.81. The van der Waals surface area contributed by atoms with E-state index in [1.807, 2.05) is 4.68 Å². The number of rotatable bonds is 4. The van der Waals surface area contributed by atoms with Gasteiger partial charge in [0.05, 0.1) is 17.5 Å². The molecule has 2 saturated carbocycles. The summed E-state index contributed by atoms with van der Waals surface area (Å²) >= 11 is 0. The average Bonchev–Trinajstić information content (AvgIpc) is 3.32. The highest BCUT2D eigenvalue weighted by atomic mass is 32.2. The van der Waals surface area contributed by atoms with Crippen LogP contribution in [0.1, 0.15) is 68.4 Å². The van der Waals surface area contributed by atoms with Gasteiger partial charge in [0.25, 0.3) is 0 Å². The molecule has 0 N–H and O–H groups in total. The van der Waals surface area contributed by atoms with Crippen molar-refractivity contribution in [2.24, 2.45) is 5.41 Å². The number of hydrogen-bond acceptors (Lipinski definition) is 6. The van der Waals surface area contributed by atoms with E-state index in [0.29, 0.717) is 17.5 Å². The molecule has 2 aliphatic carbocycles. The van der Waals surface area contributed by atoms with E-state index in [-0.39, 0.29) is 28.9 Å². The molecule has 34 heavy (non-hydrogen) atoms. The van der Waals surface area contributed by atoms with E-state index in [9.17, 15) is 21.6 Å². The molecule has 7 nitrogen and oxygen atoms in total. The van der Waals surface area contributed by atoms with Crippen molar-refractivity contribution in [2.45, 2.75) is 69.1 Å². The highest BCUT2D eigenvalue weighted by Gasteiger charge is 2.50. The Morgan fingerprint density at radius 3 is 2.32 bits per heavy atom. The standard InChI is InChI=1S/C23H28F3N5O2S/c24-23(25,26)19-3-1-2-18(27-19)20-28-21(31(29-20)16-6-7-16)15-4-5-17(12-15)30-10-8-22(9-11-30)13-34(32,33)14-22/h1-3,15-17H,4-14H2/t15-,17-/m1/s1. The molecule has 4 heterocycles. The maximum Gasteiger partial charge on any atom is 0.433 e. The fourth-order valence-corrected chi connectivity index (χ4v) is 8.45. The van der Waals surface area contributed by atoms with Gasteiger partial charge in [0.15, 0.2) is 15.7 Å². The second-order valence-electron chi connectivity index (χ2n) is 10.6. The largest absolute Gasteiger partial charge is 0.433 e. The number of sulfone groups is 1. The molecule has 2 saturated heterocycles. The Morgan fingerprint density at radius 2 is 1.68 bits per heavy atom. The zero-order valence-corrected chi connectivity index (χ0v) is 19.7. The Bertz CT molecular complexity index is 1190. The number of piperidine rings is 1. The van der Waals surface area contributed by atoms with E-state index in [4.69, 9.17) is 4.98 Å². The molecule has 0 aromatic carbocycles. The van der Waals surface area contributed by atoms with E-state index in [1.165, 1.54) is 12.1 Å². The van der Waals surface area contributed by atoms with Crippen LogP contribution >= 0.6 is 0 Å². The predicted octanol–water partition coefficient (Wildman–Crippen LogP) is 3.84. The minimum absolute atomic E-state index is 0.00629. The fraction of sp³-hybridized carbons (Fsp3) is 0.696. The van der Waals surface area contributed by atoms with Gasteiger partial charge in [-0.15, -0.1) is 5.10 Å². The Labute approximate surface area is 196 Å². The van der Waals surface area contributed by atoms with E-state index in [0.717, 1.165) is 69.9 Å². The first-order chi connectivity index (χ1) is 16.1. The molecule has 0 amide bonds. The maximum absolute atomic E-state index is 13.1. The lowest BCUT2D eigenvalue weighted by atomic mass is 9.80. The van der Waals surface area contributed by atoms with Gasteiger partial charge in [0.2, 0.25) is 0 Å². The molecule has 11 heteroatoms.